The highest BCUT2D eigenvalue weighted by atomic mass is 14.2. The van der Waals surface area contributed by atoms with Gasteiger partial charge in [-0.3, -0.25) is 0 Å². The lowest BCUT2D eigenvalue weighted by atomic mass is 9.79. The molecule has 1 fully saturated rings. The Morgan fingerprint density at radius 3 is 2.29 bits per heavy atom. The Hall–Kier alpha value is -1.56. The first-order valence-electron chi connectivity index (χ1n) is 9.69. The molecule has 1 aliphatic rings. The molecule has 1 unspecified atom stereocenters. The van der Waals surface area contributed by atoms with E-state index in [1.54, 1.807) is 5.56 Å². The Bertz CT molecular complexity index is 674. The Labute approximate surface area is 148 Å². The molecule has 0 nitrogen and oxygen atoms in total. The van der Waals surface area contributed by atoms with Crippen LogP contribution in [0.2, 0.25) is 0 Å². The normalized spacial score (nSPS) is 22.3. The maximum Gasteiger partial charge on any atom is 0.00612 e. The lowest BCUT2D eigenvalue weighted by molar-refractivity contribution is 0.288. The van der Waals surface area contributed by atoms with Gasteiger partial charge in [0, 0.05) is 5.92 Å². The van der Waals surface area contributed by atoms with Gasteiger partial charge in [0.1, 0.15) is 0 Å². The van der Waals surface area contributed by atoms with E-state index in [0.717, 1.165) is 11.8 Å². The zero-order valence-electron chi connectivity index (χ0n) is 15.8. The van der Waals surface area contributed by atoms with Crippen LogP contribution in [0.25, 0.3) is 0 Å². The molecule has 0 N–H and O–H groups in total. The van der Waals surface area contributed by atoms with Gasteiger partial charge in [0.05, 0.1) is 0 Å². The van der Waals surface area contributed by atoms with E-state index in [-0.39, 0.29) is 0 Å². The quantitative estimate of drug-likeness (QED) is 0.579. The lowest BCUT2D eigenvalue weighted by Gasteiger charge is -2.27. The highest BCUT2D eigenvalue weighted by Crippen LogP contribution is 2.32. The third-order valence-electron chi connectivity index (χ3n) is 6.05. The summed E-state index contributed by atoms with van der Waals surface area (Å²) in [7, 11) is 0. The van der Waals surface area contributed by atoms with Crippen molar-refractivity contribution >= 4 is 0 Å². The number of benzene rings is 2. The Kier molecular flexibility index (Phi) is 5.43. The van der Waals surface area contributed by atoms with Gasteiger partial charge in [0.2, 0.25) is 0 Å². The standard InChI is InChI=1S/C24H32/c1-17-8-10-21(11-9-17)16-22-12-13-24(15-19(22)3)20(4)23-7-5-6-18(2)14-23/h5-7,12-15,17,20-21H,8-11,16H2,1-4H3. The second-order valence-corrected chi connectivity index (χ2v) is 8.15. The van der Waals surface area contributed by atoms with Crippen LogP contribution < -0.4 is 0 Å². The average molecular weight is 321 g/mol. The van der Waals surface area contributed by atoms with Crippen molar-refractivity contribution in [1.29, 1.82) is 0 Å². The molecule has 2 aromatic carbocycles. The number of hydrogen-bond acceptors (Lipinski definition) is 0. The van der Waals surface area contributed by atoms with Crippen molar-refractivity contribution in [3.63, 3.8) is 0 Å². The lowest BCUT2D eigenvalue weighted by Crippen LogP contribution is -2.15. The maximum absolute atomic E-state index is 2.42. The van der Waals surface area contributed by atoms with Crippen molar-refractivity contribution < 1.29 is 0 Å². The largest absolute Gasteiger partial charge is 0.0625 e. The van der Waals surface area contributed by atoms with Crippen LogP contribution in [0, 0.1) is 25.7 Å². The predicted molar refractivity (Wildman–Crippen MR) is 105 cm³/mol. The van der Waals surface area contributed by atoms with E-state index in [0.29, 0.717) is 5.92 Å². The molecule has 0 spiro atoms. The van der Waals surface area contributed by atoms with Crippen molar-refractivity contribution in [1.82, 2.24) is 0 Å². The van der Waals surface area contributed by atoms with E-state index < -0.39 is 0 Å². The molecule has 0 aliphatic heterocycles. The summed E-state index contributed by atoms with van der Waals surface area (Å²) in [6, 6.07) is 16.1. The minimum absolute atomic E-state index is 0.466. The summed E-state index contributed by atoms with van der Waals surface area (Å²) >= 11 is 0. The van der Waals surface area contributed by atoms with Gasteiger partial charge in [-0.2, -0.15) is 0 Å². The van der Waals surface area contributed by atoms with Crippen LogP contribution in [0.3, 0.4) is 0 Å². The number of aryl methyl sites for hydroxylation is 2. The fourth-order valence-electron chi connectivity index (χ4n) is 4.19. The van der Waals surface area contributed by atoms with Gasteiger partial charge in [-0.1, -0.05) is 74.7 Å². The van der Waals surface area contributed by atoms with Gasteiger partial charge in [-0.15, -0.1) is 0 Å². The van der Waals surface area contributed by atoms with Crippen LogP contribution in [0.5, 0.6) is 0 Å². The highest BCUT2D eigenvalue weighted by Gasteiger charge is 2.19. The zero-order chi connectivity index (χ0) is 17.1. The molecule has 0 amide bonds. The van der Waals surface area contributed by atoms with Crippen LogP contribution in [-0.4, -0.2) is 0 Å². The van der Waals surface area contributed by atoms with Crippen LogP contribution >= 0.6 is 0 Å². The van der Waals surface area contributed by atoms with E-state index >= 15 is 0 Å². The monoisotopic (exact) mass is 320 g/mol. The molecule has 128 valence electrons. The molecule has 0 bridgehead atoms. The van der Waals surface area contributed by atoms with Crippen LogP contribution in [0.15, 0.2) is 42.5 Å². The highest BCUT2D eigenvalue weighted by molar-refractivity contribution is 5.38. The van der Waals surface area contributed by atoms with E-state index in [9.17, 15) is 0 Å². The fraction of sp³-hybridized carbons (Fsp3) is 0.500. The summed E-state index contributed by atoms with van der Waals surface area (Å²) in [4.78, 5) is 0. The van der Waals surface area contributed by atoms with Crippen LogP contribution in [0.4, 0.5) is 0 Å². The van der Waals surface area contributed by atoms with Gasteiger partial charge in [-0.25, -0.2) is 0 Å². The maximum atomic E-state index is 2.42. The van der Waals surface area contributed by atoms with Crippen molar-refractivity contribution in [2.75, 3.05) is 0 Å². The SMILES string of the molecule is Cc1cccc(C(C)c2ccc(CC3CCC(C)CC3)c(C)c2)c1. The predicted octanol–water partition coefficient (Wildman–Crippen LogP) is 6.82. The molecule has 3 rings (SSSR count). The minimum atomic E-state index is 0.466. The smallest absolute Gasteiger partial charge is 0.00612 e. The van der Waals surface area contributed by atoms with Crippen molar-refractivity contribution in [2.45, 2.75) is 65.7 Å². The zero-order valence-corrected chi connectivity index (χ0v) is 15.8. The first kappa shape index (κ1) is 17.3. The average Bonchev–Trinajstić information content (AvgIpc) is 2.58. The third-order valence-corrected chi connectivity index (χ3v) is 6.05. The van der Waals surface area contributed by atoms with Crippen molar-refractivity contribution in [2.24, 2.45) is 11.8 Å². The molecule has 0 heterocycles. The molecule has 2 aromatic rings. The molecule has 1 saturated carbocycles. The molecule has 0 saturated heterocycles. The molecule has 0 aromatic heterocycles. The number of hydrogen-bond donors (Lipinski definition) is 0. The van der Waals surface area contributed by atoms with E-state index in [1.165, 1.54) is 54.4 Å². The number of rotatable bonds is 4. The van der Waals surface area contributed by atoms with Crippen LogP contribution in [0.1, 0.15) is 73.3 Å². The Morgan fingerprint density at radius 2 is 1.62 bits per heavy atom. The second kappa shape index (κ2) is 7.55. The summed E-state index contributed by atoms with van der Waals surface area (Å²) in [5.41, 5.74) is 7.25. The minimum Gasteiger partial charge on any atom is -0.0625 e. The second-order valence-electron chi connectivity index (χ2n) is 8.15. The molecule has 24 heavy (non-hydrogen) atoms. The summed E-state index contributed by atoms with van der Waals surface area (Å²) in [6.45, 7) is 9.21. The first-order chi connectivity index (χ1) is 11.5. The van der Waals surface area contributed by atoms with E-state index in [1.807, 2.05) is 0 Å². The summed E-state index contributed by atoms with van der Waals surface area (Å²) in [6.07, 6.45) is 6.96. The molecule has 1 aliphatic carbocycles. The molecular formula is C24H32. The Morgan fingerprint density at radius 1 is 0.917 bits per heavy atom. The van der Waals surface area contributed by atoms with Gasteiger partial charge in [0.15, 0.2) is 0 Å². The van der Waals surface area contributed by atoms with Crippen molar-refractivity contribution in [3.05, 3.63) is 70.3 Å². The molecule has 0 radical (unpaired) electrons. The summed E-state index contributed by atoms with van der Waals surface area (Å²) in [5.74, 6) is 2.31. The molecule has 1 atom stereocenters. The molecular weight excluding hydrogens is 288 g/mol. The van der Waals surface area contributed by atoms with E-state index in [2.05, 4.69) is 70.2 Å². The van der Waals surface area contributed by atoms with Gasteiger partial charge in [0.25, 0.3) is 0 Å². The van der Waals surface area contributed by atoms with Crippen molar-refractivity contribution in [3.8, 4) is 0 Å². The van der Waals surface area contributed by atoms with Gasteiger partial charge in [-0.05, 0) is 67.2 Å². The summed E-state index contributed by atoms with van der Waals surface area (Å²) < 4.78 is 0. The topological polar surface area (TPSA) is 0 Å². The first-order valence-corrected chi connectivity index (χ1v) is 9.69. The summed E-state index contributed by atoms with van der Waals surface area (Å²) in [5, 5.41) is 0. The Balaban J connectivity index is 1.72. The van der Waals surface area contributed by atoms with E-state index in [4.69, 9.17) is 0 Å². The third kappa shape index (κ3) is 4.09. The fourth-order valence-corrected chi connectivity index (χ4v) is 4.19. The molecule has 0 heteroatoms. The van der Waals surface area contributed by atoms with Gasteiger partial charge >= 0.3 is 0 Å². The van der Waals surface area contributed by atoms with Crippen LogP contribution in [-0.2, 0) is 6.42 Å². The van der Waals surface area contributed by atoms with Gasteiger partial charge < -0.3 is 0 Å².